The molecule has 2 aromatic rings. The molecule has 7 nitrogen and oxygen atoms in total. The average Bonchev–Trinajstić information content (AvgIpc) is 2.70. The minimum absolute atomic E-state index is 0. The van der Waals surface area contributed by atoms with Crippen molar-refractivity contribution in [2.24, 2.45) is 0 Å². The van der Waals surface area contributed by atoms with Crippen molar-refractivity contribution in [2.45, 2.75) is 18.4 Å². The van der Waals surface area contributed by atoms with Crippen molar-refractivity contribution in [1.82, 2.24) is 4.90 Å². The van der Waals surface area contributed by atoms with E-state index in [1.54, 1.807) is 19.1 Å². The van der Waals surface area contributed by atoms with Gasteiger partial charge in [0.2, 0.25) is 0 Å². The number of rotatable bonds is 7. The minimum atomic E-state index is -3.95. The van der Waals surface area contributed by atoms with Gasteiger partial charge in [-0.1, -0.05) is 6.07 Å². The van der Waals surface area contributed by atoms with E-state index in [2.05, 4.69) is 19.3 Å². The molecule has 1 heterocycles. The smallest absolute Gasteiger partial charge is 0.387 e. The van der Waals surface area contributed by atoms with Gasteiger partial charge in [-0.3, -0.25) is 4.72 Å². The molecule has 0 bridgehead atoms. The molecule has 0 unspecified atom stereocenters. The molecule has 0 aliphatic carbocycles. The molecule has 2 aromatic carbocycles. The number of likely N-dealkylation sites (N-methyl/N-ethyl adjacent to an activating group) is 1. The molecular weight excluding hydrogens is 452 g/mol. The number of piperazine rings is 1. The van der Waals surface area contributed by atoms with Crippen LogP contribution in [0, 0.1) is 6.92 Å². The van der Waals surface area contributed by atoms with Crippen LogP contribution in [-0.4, -0.2) is 60.3 Å². The van der Waals surface area contributed by atoms with Gasteiger partial charge in [0.25, 0.3) is 10.0 Å². The second-order valence-electron chi connectivity index (χ2n) is 7.09. The number of ether oxygens (including phenoxy) is 2. The van der Waals surface area contributed by atoms with Gasteiger partial charge >= 0.3 is 6.61 Å². The van der Waals surface area contributed by atoms with Crippen molar-refractivity contribution >= 4 is 33.8 Å². The Labute approximate surface area is 187 Å². The second-order valence-corrected chi connectivity index (χ2v) is 8.77. The fourth-order valence-electron chi connectivity index (χ4n) is 3.23. The fourth-order valence-corrected chi connectivity index (χ4v) is 4.30. The van der Waals surface area contributed by atoms with Crippen LogP contribution in [0.25, 0.3) is 0 Å². The number of hydrogen-bond donors (Lipinski definition) is 1. The predicted octanol–water partition coefficient (Wildman–Crippen LogP) is 3.58. The van der Waals surface area contributed by atoms with Crippen molar-refractivity contribution in [3.8, 4) is 11.5 Å². The molecule has 1 aliphatic heterocycles. The number of benzene rings is 2. The summed E-state index contributed by atoms with van der Waals surface area (Å²) in [5.41, 5.74) is 1.30. The molecule has 0 amide bonds. The number of halogens is 3. The van der Waals surface area contributed by atoms with E-state index in [-0.39, 0.29) is 28.7 Å². The topological polar surface area (TPSA) is 71.1 Å². The summed E-state index contributed by atoms with van der Waals surface area (Å²) in [4.78, 5) is 4.33. The van der Waals surface area contributed by atoms with Gasteiger partial charge in [-0.2, -0.15) is 8.78 Å². The standard InChI is InChI=1S/C20H25F2N3O4S.ClH/c1-14-4-5-15(12-19(14)29-20(21)22)23-30(26,27)16-6-7-18(28-3)17(13-16)25-10-8-24(2)9-11-25;/h4-7,12-13,20,23H,8-11H2,1-3H3;1H. The highest BCUT2D eigenvalue weighted by Crippen LogP contribution is 2.33. The van der Waals surface area contributed by atoms with Gasteiger partial charge < -0.3 is 19.3 Å². The monoisotopic (exact) mass is 477 g/mol. The quantitative estimate of drug-likeness (QED) is 0.657. The molecule has 0 radical (unpaired) electrons. The first-order valence-electron chi connectivity index (χ1n) is 9.39. The van der Waals surface area contributed by atoms with Crippen molar-refractivity contribution in [2.75, 3.05) is 50.0 Å². The third-order valence-corrected chi connectivity index (χ3v) is 6.34. The van der Waals surface area contributed by atoms with Gasteiger partial charge in [-0.25, -0.2) is 8.42 Å². The van der Waals surface area contributed by atoms with Crippen molar-refractivity contribution in [3.05, 3.63) is 42.0 Å². The summed E-state index contributed by atoms with van der Waals surface area (Å²) in [6.07, 6.45) is 0. The summed E-state index contributed by atoms with van der Waals surface area (Å²) >= 11 is 0. The lowest BCUT2D eigenvalue weighted by atomic mass is 10.2. The predicted molar refractivity (Wildman–Crippen MR) is 119 cm³/mol. The molecule has 1 saturated heterocycles. The van der Waals surface area contributed by atoms with Gasteiger partial charge in [-0.15, -0.1) is 12.4 Å². The van der Waals surface area contributed by atoms with E-state index < -0.39 is 16.6 Å². The Kier molecular flexibility index (Phi) is 8.33. The van der Waals surface area contributed by atoms with E-state index in [0.29, 0.717) is 17.0 Å². The van der Waals surface area contributed by atoms with Crippen LogP contribution < -0.4 is 19.1 Å². The van der Waals surface area contributed by atoms with Gasteiger partial charge in [0, 0.05) is 32.2 Å². The van der Waals surface area contributed by atoms with Crippen molar-refractivity contribution in [3.63, 3.8) is 0 Å². The molecule has 11 heteroatoms. The first-order chi connectivity index (χ1) is 14.2. The zero-order chi connectivity index (χ0) is 21.9. The van der Waals surface area contributed by atoms with E-state index in [9.17, 15) is 17.2 Å². The lowest BCUT2D eigenvalue weighted by Crippen LogP contribution is -2.44. The maximum atomic E-state index is 12.9. The highest BCUT2D eigenvalue weighted by Gasteiger charge is 2.22. The van der Waals surface area contributed by atoms with Crippen LogP contribution in [-0.2, 0) is 10.0 Å². The maximum absolute atomic E-state index is 12.9. The molecule has 0 atom stereocenters. The van der Waals surface area contributed by atoms with Crippen LogP contribution in [0.4, 0.5) is 20.2 Å². The second kappa shape index (κ2) is 10.3. The Bertz CT molecular complexity index is 1000. The number of anilines is 2. The zero-order valence-electron chi connectivity index (χ0n) is 17.5. The SMILES string of the molecule is COc1ccc(S(=O)(=O)Nc2ccc(C)c(OC(F)F)c2)cc1N1CCN(C)CC1.Cl. The fraction of sp³-hybridized carbons (Fsp3) is 0.400. The van der Waals surface area contributed by atoms with Gasteiger partial charge in [0.05, 0.1) is 23.4 Å². The van der Waals surface area contributed by atoms with Gasteiger partial charge in [0.15, 0.2) is 0 Å². The number of alkyl halides is 2. The highest BCUT2D eigenvalue weighted by molar-refractivity contribution is 7.92. The van der Waals surface area contributed by atoms with Crippen LogP contribution in [0.1, 0.15) is 5.56 Å². The normalized spacial score (nSPS) is 14.8. The molecular formula is C20H26ClF2N3O4S. The van der Waals surface area contributed by atoms with Crippen LogP contribution in [0.5, 0.6) is 11.5 Å². The van der Waals surface area contributed by atoms with Crippen molar-refractivity contribution in [1.29, 1.82) is 0 Å². The Morgan fingerprint density at radius 3 is 2.32 bits per heavy atom. The van der Waals surface area contributed by atoms with E-state index in [1.807, 2.05) is 7.05 Å². The molecule has 1 aliphatic rings. The number of nitrogens with one attached hydrogen (secondary N) is 1. The van der Waals surface area contributed by atoms with Gasteiger partial charge in [0.1, 0.15) is 11.5 Å². The summed E-state index contributed by atoms with van der Waals surface area (Å²) in [5, 5.41) is 0. The highest BCUT2D eigenvalue weighted by atomic mass is 35.5. The maximum Gasteiger partial charge on any atom is 0.387 e. The molecule has 1 N–H and O–H groups in total. The Morgan fingerprint density at radius 2 is 1.71 bits per heavy atom. The van der Waals surface area contributed by atoms with Crippen LogP contribution in [0.3, 0.4) is 0 Å². The van der Waals surface area contributed by atoms with Crippen molar-refractivity contribution < 1.29 is 26.7 Å². The Morgan fingerprint density at radius 1 is 1.03 bits per heavy atom. The first kappa shape index (κ1) is 25.0. The minimum Gasteiger partial charge on any atom is -0.495 e. The summed E-state index contributed by atoms with van der Waals surface area (Å²) in [6, 6.07) is 8.88. The number of methoxy groups -OCH3 is 1. The molecule has 0 spiro atoms. The average molecular weight is 478 g/mol. The number of nitrogens with zero attached hydrogens (tertiary/aromatic N) is 2. The third-order valence-electron chi connectivity index (χ3n) is 4.96. The lowest BCUT2D eigenvalue weighted by Gasteiger charge is -2.34. The van der Waals surface area contributed by atoms with Crippen LogP contribution >= 0.6 is 12.4 Å². The van der Waals surface area contributed by atoms with Gasteiger partial charge in [-0.05, 0) is 43.8 Å². The first-order valence-corrected chi connectivity index (χ1v) is 10.9. The lowest BCUT2D eigenvalue weighted by molar-refractivity contribution is -0.0502. The summed E-state index contributed by atoms with van der Waals surface area (Å²) in [5.74, 6) is 0.500. The van der Waals surface area contributed by atoms with E-state index in [1.165, 1.54) is 31.4 Å². The number of aryl methyl sites for hydroxylation is 1. The molecule has 0 aromatic heterocycles. The zero-order valence-corrected chi connectivity index (χ0v) is 19.1. The van der Waals surface area contributed by atoms with E-state index in [0.717, 1.165) is 26.2 Å². The Hall–Kier alpha value is -2.30. The summed E-state index contributed by atoms with van der Waals surface area (Å²) in [7, 11) is -0.379. The van der Waals surface area contributed by atoms with E-state index >= 15 is 0 Å². The van der Waals surface area contributed by atoms with E-state index in [4.69, 9.17) is 4.74 Å². The van der Waals surface area contributed by atoms with Crippen LogP contribution in [0.2, 0.25) is 0 Å². The number of hydrogen-bond acceptors (Lipinski definition) is 6. The molecule has 31 heavy (non-hydrogen) atoms. The Balaban J connectivity index is 0.00000341. The molecule has 172 valence electrons. The largest absolute Gasteiger partial charge is 0.495 e. The molecule has 3 rings (SSSR count). The molecule has 0 saturated carbocycles. The van der Waals surface area contributed by atoms with Crippen LogP contribution in [0.15, 0.2) is 41.3 Å². The molecule has 1 fully saturated rings. The number of sulfonamides is 1. The summed E-state index contributed by atoms with van der Waals surface area (Å²) < 4.78 is 63.3. The third kappa shape index (κ3) is 6.11. The summed E-state index contributed by atoms with van der Waals surface area (Å²) in [6.45, 7) is 1.81.